The molecule has 4 nitrogen and oxygen atoms in total. The minimum atomic E-state index is -0.566. The van der Waals surface area contributed by atoms with E-state index < -0.39 is 6.10 Å². The van der Waals surface area contributed by atoms with Crippen LogP contribution in [0.25, 0.3) is 0 Å². The molecule has 2 N–H and O–H groups in total. The molecule has 1 atom stereocenters. The molecular weight excluding hydrogens is 218 g/mol. The van der Waals surface area contributed by atoms with Gasteiger partial charge in [-0.3, -0.25) is 0 Å². The number of nitrogens with two attached hydrogens (primary N) is 1. The summed E-state index contributed by atoms with van der Waals surface area (Å²) in [4.78, 5) is 11.5. The maximum absolute atomic E-state index is 11.5. The van der Waals surface area contributed by atoms with Crippen LogP contribution in [0.2, 0.25) is 0 Å². The van der Waals surface area contributed by atoms with Crippen LogP contribution in [0.15, 0.2) is 24.3 Å². The van der Waals surface area contributed by atoms with E-state index in [1.54, 1.807) is 12.1 Å². The summed E-state index contributed by atoms with van der Waals surface area (Å²) in [6, 6.07) is 7.38. The third kappa shape index (κ3) is 4.44. The maximum atomic E-state index is 11.5. The van der Waals surface area contributed by atoms with E-state index in [0.29, 0.717) is 12.1 Å². The van der Waals surface area contributed by atoms with Gasteiger partial charge in [0.2, 0.25) is 0 Å². The Morgan fingerprint density at radius 3 is 2.35 bits per heavy atom. The molecule has 94 valence electrons. The van der Waals surface area contributed by atoms with Crippen molar-refractivity contribution < 1.29 is 14.3 Å². The van der Waals surface area contributed by atoms with E-state index in [1.165, 1.54) is 7.11 Å². The minimum Gasteiger partial charge on any atom is -0.467 e. The Hall–Kier alpha value is -1.55. The van der Waals surface area contributed by atoms with Gasteiger partial charge >= 0.3 is 5.97 Å². The van der Waals surface area contributed by atoms with Crippen LogP contribution in [0, 0.1) is 0 Å². The first-order valence-electron chi connectivity index (χ1n) is 5.60. The number of hydrogen-bond donors (Lipinski definition) is 1. The lowest BCUT2D eigenvalue weighted by molar-refractivity contribution is -0.156. The molecule has 0 aliphatic heterocycles. The number of ether oxygens (including phenoxy) is 2. The lowest BCUT2D eigenvalue weighted by Gasteiger charge is -2.18. The summed E-state index contributed by atoms with van der Waals surface area (Å²) in [6.07, 6.45) is -0.0954. The van der Waals surface area contributed by atoms with E-state index >= 15 is 0 Å². The van der Waals surface area contributed by atoms with Crippen LogP contribution in [-0.2, 0) is 20.7 Å². The average Bonchev–Trinajstić information content (AvgIpc) is 2.29. The number of esters is 1. The van der Waals surface area contributed by atoms with Crippen molar-refractivity contribution in [2.75, 3.05) is 12.8 Å². The van der Waals surface area contributed by atoms with Gasteiger partial charge in [0, 0.05) is 12.1 Å². The van der Waals surface area contributed by atoms with Crippen LogP contribution < -0.4 is 5.73 Å². The SMILES string of the molecule is COC(=O)C(Cc1ccc(N)cc1)OC(C)C. The van der Waals surface area contributed by atoms with E-state index in [9.17, 15) is 4.79 Å². The molecule has 0 bridgehead atoms. The number of carbonyl (C=O) groups is 1. The molecule has 0 spiro atoms. The highest BCUT2D eigenvalue weighted by atomic mass is 16.6. The van der Waals surface area contributed by atoms with Gasteiger partial charge in [-0.15, -0.1) is 0 Å². The number of anilines is 1. The first-order valence-corrected chi connectivity index (χ1v) is 5.60. The first-order chi connectivity index (χ1) is 8.02. The third-order valence-corrected chi connectivity index (χ3v) is 2.30. The molecule has 1 unspecified atom stereocenters. The van der Waals surface area contributed by atoms with E-state index in [0.717, 1.165) is 5.56 Å². The molecule has 4 heteroatoms. The van der Waals surface area contributed by atoms with Gasteiger partial charge in [-0.2, -0.15) is 0 Å². The third-order valence-electron chi connectivity index (χ3n) is 2.30. The standard InChI is InChI=1S/C13H19NO3/c1-9(2)17-12(13(15)16-3)8-10-4-6-11(14)7-5-10/h4-7,9,12H,8,14H2,1-3H3. The second kappa shape index (κ2) is 6.25. The molecule has 0 amide bonds. The molecule has 17 heavy (non-hydrogen) atoms. The molecule has 0 radical (unpaired) electrons. The van der Waals surface area contributed by atoms with Crippen molar-refractivity contribution in [1.29, 1.82) is 0 Å². The average molecular weight is 237 g/mol. The van der Waals surface area contributed by atoms with Crippen molar-refractivity contribution in [3.8, 4) is 0 Å². The van der Waals surface area contributed by atoms with Gasteiger partial charge < -0.3 is 15.2 Å². The van der Waals surface area contributed by atoms with Gasteiger partial charge in [-0.05, 0) is 31.5 Å². The van der Waals surface area contributed by atoms with Crippen LogP contribution in [0.3, 0.4) is 0 Å². The molecule has 1 rings (SSSR count). The van der Waals surface area contributed by atoms with Gasteiger partial charge in [0.1, 0.15) is 0 Å². The van der Waals surface area contributed by atoms with Gasteiger partial charge in [-0.1, -0.05) is 12.1 Å². The number of methoxy groups -OCH3 is 1. The fourth-order valence-corrected chi connectivity index (χ4v) is 1.51. The van der Waals surface area contributed by atoms with E-state index in [-0.39, 0.29) is 12.1 Å². The fourth-order valence-electron chi connectivity index (χ4n) is 1.51. The highest BCUT2D eigenvalue weighted by molar-refractivity contribution is 5.75. The Morgan fingerprint density at radius 1 is 1.29 bits per heavy atom. The number of hydrogen-bond acceptors (Lipinski definition) is 4. The summed E-state index contributed by atoms with van der Waals surface area (Å²) >= 11 is 0. The van der Waals surface area contributed by atoms with Crippen LogP contribution in [0.1, 0.15) is 19.4 Å². The number of carbonyl (C=O) groups excluding carboxylic acids is 1. The van der Waals surface area contributed by atoms with Crippen molar-refractivity contribution in [2.45, 2.75) is 32.5 Å². The molecule has 0 fully saturated rings. The maximum Gasteiger partial charge on any atom is 0.335 e. The fraction of sp³-hybridized carbons (Fsp3) is 0.462. The van der Waals surface area contributed by atoms with Crippen molar-refractivity contribution in [3.63, 3.8) is 0 Å². The van der Waals surface area contributed by atoms with Crippen LogP contribution in [0.4, 0.5) is 5.69 Å². The molecule has 1 aromatic rings. The summed E-state index contributed by atoms with van der Waals surface area (Å²) in [5.41, 5.74) is 7.30. The number of benzene rings is 1. The highest BCUT2D eigenvalue weighted by Gasteiger charge is 2.21. The Bertz CT molecular complexity index is 359. The molecule has 1 aromatic carbocycles. The van der Waals surface area contributed by atoms with Gasteiger partial charge in [-0.25, -0.2) is 4.79 Å². The summed E-state index contributed by atoms with van der Waals surface area (Å²) < 4.78 is 10.3. The molecule has 0 aromatic heterocycles. The molecular formula is C13H19NO3. The Morgan fingerprint density at radius 2 is 1.88 bits per heavy atom. The zero-order valence-electron chi connectivity index (χ0n) is 10.5. The van der Waals surface area contributed by atoms with E-state index in [1.807, 2.05) is 26.0 Å². The van der Waals surface area contributed by atoms with Crippen molar-refractivity contribution in [2.24, 2.45) is 0 Å². The Kier molecular flexibility index (Phi) is 4.97. The highest BCUT2D eigenvalue weighted by Crippen LogP contribution is 2.12. The zero-order chi connectivity index (χ0) is 12.8. The normalized spacial score (nSPS) is 12.5. The van der Waals surface area contributed by atoms with Crippen LogP contribution in [0.5, 0.6) is 0 Å². The second-order valence-electron chi connectivity index (χ2n) is 4.14. The second-order valence-corrected chi connectivity index (χ2v) is 4.14. The zero-order valence-corrected chi connectivity index (χ0v) is 10.5. The molecule has 0 aliphatic rings. The summed E-state index contributed by atoms with van der Waals surface area (Å²) in [5.74, 6) is -0.351. The van der Waals surface area contributed by atoms with Gasteiger partial charge in [0.05, 0.1) is 13.2 Å². The summed E-state index contributed by atoms with van der Waals surface area (Å²) in [5, 5.41) is 0. The largest absolute Gasteiger partial charge is 0.467 e. The topological polar surface area (TPSA) is 61.5 Å². The monoisotopic (exact) mass is 237 g/mol. The molecule has 0 saturated heterocycles. The Labute approximate surface area is 102 Å². The van der Waals surface area contributed by atoms with Gasteiger partial charge in [0.15, 0.2) is 6.10 Å². The quantitative estimate of drug-likeness (QED) is 0.626. The van der Waals surface area contributed by atoms with E-state index in [4.69, 9.17) is 15.2 Å². The van der Waals surface area contributed by atoms with Crippen LogP contribution >= 0.6 is 0 Å². The van der Waals surface area contributed by atoms with Crippen molar-refractivity contribution in [1.82, 2.24) is 0 Å². The lowest BCUT2D eigenvalue weighted by Crippen LogP contribution is -2.30. The van der Waals surface area contributed by atoms with Crippen molar-refractivity contribution >= 4 is 11.7 Å². The van der Waals surface area contributed by atoms with Gasteiger partial charge in [0.25, 0.3) is 0 Å². The Balaban J connectivity index is 2.71. The van der Waals surface area contributed by atoms with E-state index in [2.05, 4.69) is 0 Å². The molecule has 0 heterocycles. The molecule has 0 saturated carbocycles. The van der Waals surface area contributed by atoms with Crippen LogP contribution in [-0.4, -0.2) is 25.3 Å². The minimum absolute atomic E-state index is 0.0205. The lowest BCUT2D eigenvalue weighted by atomic mass is 10.1. The summed E-state index contributed by atoms with van der Waals surface area (Å²) in [7, 11) is 1.36. The predicted octanol–water partition coefficient (Wildman–Crippen LogP) is 1.78. The smallest absolute Gasteiger partial charge is 0.335 e. The van der Waals surface area contributed by atoms with Crippen molar-refractivity contribution in [3.05, 3.63) is 29.8 Å². The number of nitrogen functional groups attached to an aromatic ring is 1. The predicted molar refractivity (Wildman–Crippen MR) is 66.6 cm³/mol. The summed E-state index contributed by atoms with van der Waals surface area (Å²) in [6.45, 7) is 3.78. The first kappa shape index (κ1) is 13.5. The number of rotatable bonds is 5. The molecule has 0 aliphatic carbocycles.